The number of carbonyl (C=O) groups excluding carboxylic acids is 2. The Morgan fingerprint density at radius 2 is 1.83 bits per heavy atom. The topological polar surface area (TPSA) is 129 Å². The van der Waals surface area contributed by atoms with Gasteiger partial charge in [0.15, 0.2) is 11.6 Å². The molecule has 3 N–H and O–H groups in total. The fraction of sp³-hybridized carbons (Fsp3) is 0.652. The molecule has 2 saturated carbocycles. The van der Waals surface area contributed by atoms with Crippen LogP contribution < -0.4 is 0 Å². The Hall–Kier alpha value is -2.28. The number of aliphatic carboxylic acids is 2. The zero-order chi connectivity index (χ0) is 22.1. The predicted molar refractivity (Wildman–Crippen MR) is 105 cm³/mol. The summed E-state index contributed by atoms with van der Waals surface area (Å²) in [5.74, 6) is -3.84. The Morgan fingerprint density at radius 3 is 2.47 bits per heavy atom. The lowest BCUT2D eigenvalue weighted by molar-refractivity contribution is -0.157. The molecule has 7 heteroatoms. The maximum atomic E-state index is 13.5. The van der Waals surface area contributed by atoms with Crippen LogP contribution in [0.2, 0.25) is 0 Å². The zero-order valence-corrected chi connectivity index (χ0v) is 17.3. The lowest BCUT2D eigenvalue weighted by atomic mass is 9.47. The number of allylic oxidation sites excluding steroid dienone is 4. The average molecular weight is 416 g/mol. The van der Waals surface area contributed by atoms with E-state index in [0.29, 0.717) is 19.3 Å². The average Bonchev–Trinajstić information content (AvgIpc) is 2.94. The van der Waals surface area contributed by atoms with Gasteiger partial charge < -0.3 is 15.3 Å². The summed E-state index contributed by atoms with van der Waals surface area (Å²) >= 11 is 0. The number of hydrogen-bond donors (Lipinski definition) is 3. The molecule has 0 aromatic heterocycles. The molecule has 0 saturated heterocycles. The molecule has 0 amide bonds. The highest BCUT2D eigenvalue weighted by Gasteiger charge is 2.67. The third kappa shape index (κ3) is 2.67. The first-order chi connectivity index (χ1) is 13.9. The monoisotopic (exact) mass is 416 g/mol. The SMILES string of the molecule is C[C@]12CCC(=O)C=C1C[C@@H](C(=O)O)[C@@H]1C2=CC(=O)[C@@]2(C)[C@H]1CC[C@@]2(O)CCC(=O)O. The van der Waals surface area contributed by atoms with E-state index in [4.69, 9.17) is 5.11 Å². The van der Waals surface area contributed by atoms with E-state index in [1.807, 2.05) is 6.92 Å². The van der Waals surface area contributed by atoms with Crippen LogP contribution in [-0.2, 0) is 19.2 Å². The van der Waals surface area contributed by atoms with Gasteiger partial charge in [-0.25, -0.2) is 0 Å². The third-order valence-corrected chi connectivity index (χ3v) is 8.66. The van der Waals surface area contributed by atoms with Crippen molar-refractivity contribution < 1.29 is 34.5 Å². The van der Waals surface area contributed by atoms with Crippen LogP contribution in [0.3, 0.4) is 0 Å². The molecular weight excluding hydrogens is 388 g/mol. The summed E-state index contributed by atoms with van der Waals surface area (Å²) in [5, 5.41) is 30.5. The summed E-state index contributed by atoms with van der Waals surface area (Å²) in [6.45, 7) is 3.67. The molecule has 0 aromatic carbocycles. The van der Waals surface area contributed by atoms with Crippen molar-refractivity contribution in [2.75, 3.05) is 0 Å². The molecule has 0 aromatic rings. The van der Waals surface area contributed by atoms with Gasteiger partial charge in [0, 0.05) is 18.3 Å². The minimum atomic E-state index is -1.47. The summed E-state index contributed by atoms with van der Waals surface area (Å²) in [4.78, 5) is 48.8. The van der Waals surface area contributed by atoms with Gasteiger partial charge in [-0.3, -0.25) is 19.2 Å². The van der Waals surface area contributed by atoms with E-state index in [2.05, 4.69) is 0 Å². The highest BCUT2D eigenvalue weighted by atomic mass is 16.4. The van der Waals surface area contributed by atoms with Crippen molar-refractivity contribution in [2.24, 2.45) is 28.6 Å². The summed E-state index contributed by atoms with van der Waals surface area (Å²) < 4.78 is 0. The van der Waals surface area contributed by atoms with Gasteiger partial charge in [-0.2, -0.15) is 0 Å². The van der Waals surface area contributed by atoms with E-state index >= 15 is 0 Å². The van der Waals surface area contributed by atoms with Crippen LogP contribution in [0.15, 0.2) is 23.3 Å². The molecule has 0 spiro atoms. The molecule has 0 aliphatic heterocycles. The van der Waals surface area contributed by atoms with Gasteiger partial charge in [0.2, 0.25) is 0 Å². The van der Waals surface area contributed by atoms with Gasteiger partial charge in [0.25, 0.3) is 0 Å². The first-order valence-electron chi connectivity index (χ1n) is 10.6. The van der Waals surface area contributed by atoms with Gasteiger partial charge in [-0.05, 0) is 63.0 Å². The number of hydrogen-bond acceptors (Lipinski definition) is 5. The second kappa shape index (κ2) is 6.61. The quantitative estimate of drug-likeness (QED) is 0.642. The molecule has 7 nitrogen and oxygen atoms in total. The van der Waals surface area contributed by atoms with Crippen LogP contribution in [-0.4, -0.2) is 44.4 Å². The zero-order valence-electron chi connectivity index (χ0n) is 17.3. The second-order valence-corrected chi connectivity index (χ2v) is 9.88. The fourth-order valence-corrected chi connectivity index (χ4v) is 6.74. The Morgan fingerprint density at radius 1 is 1.13 bits per heavy atom. The fourth-order valence-electron chi connectivity index (χ4n) is 6.74. The highest BCUT2D eigenvalue weighted by Crippen LogP contribution is 2.66. The van der Waals surface area contributed by atoms with Crippen LogP contribution in [0.25, 0.3) is 0 Å². The van der Waals surface area contributed by atoms with Crippen molar-refractivity contribution in [3.05, 3.63) is 23.3 Å². The lowest BCUT2D eigenvalue weighted by Gasteiger charge is -2.55. The Labute approximate surface area is 174 Å². The maximum Gasteiger partial charge on any atom is 0.307 e. The molecule has 0 radical (unpaired) electrons. The van der Waals surface area contributed by atoms with E-state index < -0.39 is 40.2 Å². The lowest BCUT2D eigenvalue weighted by Crippen LogP contribution is -2.57. The van der Waals surface area contributed by atoms with E-state index in [1.54, 1.807) is 13.0 Å². The number of carboxylic acids is 2. The normalized spacial score (nSPS) is 42.6. The molecule has 6 atom stereocenters. The van der Waals surface area contributed by atoms with Crippen molar-refractivity contribution in [2.45, 2.75) is 64.4 Å². The highest BCUT2D eigenvalue weighted by molar-refractivity contribution is 5.99. The van der Waals surface area contributed by atoms with E-state index in [-0.39, 0.29) is 43.2 Å². The molecular formula is C23H28O7. The molecule has 0 bridgehead atoms. The van der Waals surface area contributed by atoms with Crippen LogP contribution >= 0.6 is 0 Å². The molecule has 4 rings (SSSR count). The molecule has 4 aliphatic rings. The van der Waals surface area contributed by atoms with E-state index in [1.165, 1.54) is 6.08 Å². The first kappa shape index (κ1) is 21.0. The number of aliphatic hydroxyl groups is 1. The van der Waals surface area contributed by atoms with Crippen LogP contribution in [0, 0.1) is 28.6 Å². The Bertz CT molecular complexity index is 915. The maximum absolute atomic E-state index is 13.5. The number of carboxylic acid groups (broad SMARTS) is 2. The van der Waals surface area contributed by atoms with Gasteiger partial charge in [0.1, 0.15) is 0 Å². The Kier molecular flexibility index (Phi) is 4.62. The van der Waals surface area contributed by atoms with Crippen LogP contribution in [0.5, 0.6) is 0 Å². The van der Waals surface area contributed by atoms with Crippen molar-refractivity contribution >= 4 is 23.5 Å². The summed E-state index contributed by atoms with van der Waals surface area (Å²) in [6.07, 6.45) is 4.71. The smallest absolute Gasteiger partial charge is 0.307 e. The largest absolute Gasteiger partial charge is 0.481 e. The third-order valence-electron chi connectivity index (χ3n) is 8.66. The number of carbonyl (C=O) groups is 4. The first-order valence-corrected chi connectivity index (χ1v) is 10.6. The number of rotatable bonds is 4. The van der Waals surface area contributed by atoms with Crippen molar-refractivity contribution in [1.29, 1.82) is 0 Å². The Balaban J connectivity index is 1.84. The number of ketones is 2. The van der Waals surface area contributed by atoms with Crippen LogP contribution in [0.1, 0.15) is 58.8 Å². The van der Waals surface area contributed by atoms with Crippen LogP contribution in [0.4, 0.5) is 0 Å². The number of fused-ring (bicyclic) bond motifs is 5. The van der Waals surface area contributed by atoms with Crippen molar-refractivity contribution in [3.8, 4) is 0 Å². The molecule has 4 aliphatic carbocycles. The summed E-state index contributed by atoms with van der Waals surface area (Å²) in [6, 6.07) is 0. The molecule has 162 valence electrons. The van der Waals surface area contributed by atoms with Gasteiger partial charge in [-0.15, -0.1) is 0 Å². The van der Waals surface area contributed by atoms with Gasteiger partial charge in [-0.1, -0.05) is 18.1 Å². The summed E-state index contributed by atoms with van der Waals surface area (Å²) in [5.41, 5.74) is -1.66. The minimum absolute atomic E-state index is 0.0125. The minimum Gasteiger partial charge on any atom is -0.481 e. The van der Waals surface area contributed by atoms with E-state index in [9.17, 15) is 29.4 Å². The predicted octanol–water partition coefficient (Wildman–Crippen LogP) is 2.52. The molecule has 0 heterocycles. The molecule has 30 heavy (non-hydrogen) atoms. The summed E-state index contributed by atoms with van der Waals surface area (Å²) in [7, 11) is 0. The van der Waals surface area contributed by atoms with Crippen molar-refractivity contribution in [3.63, 3.8) is 0 Å². The van der Waals surface area contributed by atoms with Gasteiger partial charge >= 0.3 is 11.9 Å². The second-order valence-electron chi connectivity index (χ2n) is 9.88. The standard InChI is InChI=1S/C23H28O7/c1-21-6-3-13(24)9-12(21)10-14(20(28)29)19-15-4-7-23(30,8-5-18(26)27)22(15,2)17(25)11-16(19)21/h9,11,14-15,19,30H,3-8,10H2,1-2H3,(H,26,27)(H,28,29)/t14-,15+,19+,21+,22-,23-/m1/s1. The van der Waals surface area contributed by atoms with E-state index in [0.717, 1.165) is 11.1 Å². The molecule has 2 fully saturated rings. The van der Waals surface area contributed by atoms with Gasteiger partial charge in [0.05, 0.1) is 16.9 Å². The molecule has 0 unspecified atom stereocenters. The van der Waals surface area contributed by atoms with Crippen molar-refractivity contribution in [1.82, 2.24) is 0 Å².